The van der Waals surface area contributed by atoms with Crippen LogP contribution in [0.15, 0.2) is 36.5 Å². The third kappa shape index (κ3) is 5.17. The number of anilines is 2. The molecule has 0 spiro atoms. The number of nitro groups is 1. The number of benzene rings is 1. The van der Waals surface area contributed by atoms with Gasteiger partial charge >= 0.3 is 5.69 Å². The lowest BCUT2D eigenvalue weighted by Crippen LogP contribution is -2.17. The second-order valence-corrected chi connectivity index (χ2v) is 5.29. The maximum absolute atomic E-state index is 11.9. The highest BCUT2D eigenvalue weighted by molar-refractivity contribution is 5.90. The van der Waals surface area contributed by atoms with E-state index in [0.29, 0.717) is 18.1 Å². The number of amides is 1. The first kappa shape index (κ1) is 18.2. The summed E-state index contributed by atoms with van der Waals surface area (Å²) >= 11 is 0. The zero-order valence-electron chi connectivity index (χ0n) is 14.1. The number of carbonyl (C=O) groups excluding carboxylic acids is 1. The number of rotatable bonds is 8. The number of hydrogen-bond donors (Lipinski definition) is 2. The minimum absolute atomic E-state index is 0.134. The molecule has 132 valence electrons. The van der Waals surface area contributed by atoms with Gasteiger partial charge in [0.05, 0.1) is 11.5 Å². The lowest BCUT2D eigenvalue weighted by Gasteiger charge is -2.10. The average Bonchev–Trinajstić information content (AvgIpc) is 2.57. The third-order valence-electron chi connectivity index (χ3n) is 3.33. The molecule has 2 aromatic rings. The van der Waals surface area contributed by atoms with Crippen LogP contribution in [0.25, 0.3) is 0 Å². The summed E-state index contributed by atoms with van der Waals surface area (Å²) in [7, 11) is 0. The van der Waals surface area contributed by atoms with Crippen LogP contribution in [0.3, 0.4) is 0 Å². The molecule has 0 aliphatic rings. The van der Waals surface area contributed by atoms with Crippen LogP contribution in [0.4, 0.5) is 17.2 Å². The Morgan fingerprint density at radius 3 is 2.76 bits per heavy atom. The van der Waals surface area contributed by atoms with Gasteiger partial charge in [-0.25, -0.2) is 4.98 Å². The van der Waals surface area contributed by atoms with Gasteiger partial charge in [-0.2, -0.15) is 0 Å². The van der Waals surface area contributed by atoms with E-state index in [1.807, 2.05) is 13.0 Å². The molecule has 25 heavy (non-hydrogen) atoms. The van der Waals surface area contributed by atoms with E-state index < -0.39 is 4.92 Å². The number of nitrogens with zero attached hydrogens (tertiary/aromatic N) is 2. The molecule has 1 amide bonds. The lowest BCUT2D eigenvalue weighted by molar-refractivity contribution is -0.384. The minimum atomic E-state index is -0.496. The molecule has 0 saturated carbocycles. The van der Waals surface area contributed by atoms with E-state index in [0.717, 1.165) is 5.56 Å². The molecule has 0 fully saturated rings. The molecule has 0 radical (unpaired) electrons. The second-order valence-electron chi connectivity index (χ2n) is 5.29. The Morgan fingerprint density at radius 1 is 1.32 bits per heavy atom. The zero-order chi connectivity index (χ0) is 18.2. The van der Waals surface area contributed by atoms with Gasteiger partial charge in [-0.1, -0.05) is 12.1 Å². The first-order valence-corrected chi connectivity index (χ1v) is 7.88. The van der Waals surface area contributed by atoms with E-state index in [9.17, 15) is 14.9 Å². The van der Waals surface area contributed by atoms with Crippen molar-refractivity contribution in [3.05, 3.63) is 52.2 Å². The van der Waals surface area contributed by atoms with Gasteiger partial charge in [0.25, 0.3) is 0 Å². The van der Waals surface area contributed by atoms with Crippen LogP contribution in [0.1, 0.15) is 18.9 Å². The number of para-hydroxylation sites is 1. The maximum Gasteiger partial charge on any atom is 0.333 e. The fourth-order valence-electron chi connectivity index (χ4n) is 2.18. The standard InChI is InChI=1S/C17H20N4O4/c1-3-25-14-6-4-5-13(17(14)21(23)24)18-10-9-16(22)20-15-8-7-12(2)11-19-15/h4-8,11,18H,3,9-10H2,1-2H3,(H,19,20,22). The van der Waals surface area contributed by atoms with Crippen molar-refractivity contribution >= 4 is 23.1 Å². The quantitative estimate of drug-likeness (QED) is 0.563. The Labute approximate surface area is 145 Å². The van der Waals surface area contributed by atoms with Gasteiger partial charge in [-0.05, 0) is 37.6 Å². The Bertz CT molecular complexity index is 747. The highest BCUT2D eigenvalue weighted by Gasteiger charge is 2.20. The second kappa shape index (κ2) is 8.62. The summed E-state index contributed by atoms with van der Waals surface area (Å²) in [5.41, 5.74) is 1.18. The van der Waals surface area contributed by atoms with Gasteiger partial charge in [0.15, 0.2) is 5.75 Å². The van der Waals surface area contributed by atoms with Crippen molar-refractivity contribution in [2.75, 3.05) is 23.8 Å². The Balaban J connectivity index is 1.94. The summed E-state index contributed by atoms with van der Waals surface area (Å²) in [5, 5.41) is 16.9. The molecule has 2 rings (SSSR count). The van der Waals surface area contributed by atoms with Gasteiger partial charge in [-0.3, -0.25) is 14.9 Å². The fraction of sp³-hybridized carbons (Fsp3) is 0.294. The highest BCUT2D eigenvalue weighted by atomic mass is 16.6. The van der Waals surface area contributed by atoms with Crippen molar-refractivity contribution in [1.82, 2.24) is 4.98 Å². The van der Waals surface area contributed by atoms with Crippen LogP contribution in [0.5, 0.6) is 5.75 Å². The minimum Gasteiger partial charge on any atom is -0.487 e. The molecular formula is C17H20N4O4. The van der Waals surface area contributed by atoms with Gasteiger partial charge in [0, 0.05) is 19.2 Å². The van der Waals surface area contributed by atoms with Crippen LogP contribution >= 0.6 is 0 Å². The zero-order valence-corrected chi connectivity index (χ0v) is 14.1. The number of aryl methyl sites for hydroxylation is 1. The topological polar surface area (TPSA) is 106 Å². The monoisotopic (exact) mass is 344 g/mol. The van der Waals surface area contributed by atoms with Crippen LogP contribution in [0.2, 0.25) is 0 Å². The molecule has 8 heteroatoms. The van der Waals surface area contributed by atoms with E-state index in [1.165, 1.54) is 0 Å². The molecule has 2 N–H and O–H groups in total. The molecule has 0 saturated heterocycles. The largest absolute Gasteiger partial charge is 0.487 e. The van der Waals surface area contributed by atoms with Gasteiger partial charge < -0.3 is 15.4 Å². The van der Waals surface area contributed by atoms with Crippen LogP contribution in [0, 0.1) is 17.0 Å². The first-order chi connectivity index (χ1) is 12.0. The third-order valence-corrected chi connectivity index (χ3v) is 3.33. The van der Waals surface area contributed by atoms with Crippen molar-refractivity contribution in [2.45, 2.75) is 20.3 Å². The van der Waals surface area contributed by atoms with Crippen molar-refractivity contribution in [3.8, 4) is 5.75 Å². The number of carbonyl (C=O) groups is 1. The van der Waals surface area contributed by atoms with E-state index in [-0.39, 0.29) is 30.3 Å². The summed E-state index contributed by atoms with van der Waals surface area (Å²) in [6.45, 7) is 4.24. The predicted molar refractivity (Wildman–Crippen MR) is 95.0 cm³/mol. The van der Waals surface area contributed by atoms with Crippen molar-refractivity contribution in [3.63, 3.8) is 0 Å². The molecule has 0 unspecified atom stereocenters. The van der Waals surface area contributed by atoms with Crippen molar-refractivity contribution < 1.29 is 14.5 Å². The molecule has 0 aliphatic carbocycles. The SMILES string of the molecule is CCOc1cccc(NCCC(=O)Nc2ccc(C)cn2)c1[N+](=O)[O-]. The number of ether oxygens (including phenoxy) is 1. The molecule has 1 heterocycles. The molecular weight excluding hydrogens is 324 g/mol. The summed E-state index contributed by atoms with van der Waals surface area (Å²) in [6, 6.07) is 8.36. The Hall–Kier alpha value is -3.16. The predicted octanol–water partition coefficient (Wildman–Crippen LogP) is 3.14. The van der Waals surface area contributed by atoms with Crippen molar-refractivity contribution in [1.29, 1.82) is 0 Å². The molecule has 0 atom stereocenters. The fourth-order valence-corrected chi connectivity index (χ4v) is 2.18. The number of hydrogen-bond acceptors (Lipinski definition) is 6. The summed E-state index contributed by atoms with van der Waals surface area (Å²) < 4.78 is 5.29. The molecule has 0 aliphatic heterocycles. The lowest BCUT2D eigenvalue weighted by atomic mass is 10.2. The average molecular weight is 344 g/mol. The molecule has 1 aromatic heterocycles. The van der Waals surface area contributed by atoms with Gasteiger partial charge in [0.2, 0.25) is 5.91 Å². The Kier molecular flexibility index (Phi) is 6.27. The van der Waals surface area contributed by atoms with E-state index in [1.54, 1.807) is 37.4 Å². The van der Waals surface area contributed by atoms with E-state index >= 15 is 0 Å². The van der Waals surface area contributed by atoms with Gasteiger partial charge in [0.1, 0.15) is 11.5 Å². The first-order valence-electron chi connectivity index (χ1n) is 7.88. The summed E-state index contributed by atoms with van der Waals surface area (Å²) in [6.07, 6.45) is 1.81. The van der Waals surface area contributed by atoms with Crippen LogP contribution in [-0.2, 0) is 4.79 Å². The number of nitrogens with one attached hydrogen (secondary N) is 2. The number of aromatic nitrogens is 1. The van der Waals surface area contributed by atoms with E-state index in [2.05, 4.69) is 15.6 Å². The highest BCUT2D eigenvalue weighted by Crippen LogP contribution is 2.34. The van der Waals surface area contributed by atoms with Gasteiger partial charge in [-0.15, -0.1) is 0 Å². The Morgan fingerprint density at radius 2 is 2.12 bits per heavy atom. The molecule has 1 aromatic carbocycles. The summed E-state index contributed by atoms with van der Waals surface area (Å²) in [5.74, 6) is 0.443. The molecule has 0 bridgehead atoms. The van der Waals surface area contributed by atoms with Crippen LogP contribution < -0.4 is 15.4 Å². The maximum atomic E-state index is 11.9. The number of pyridine rings is 1. The number of nitro benzene ring substituents is 1. The summed E-state index contributed by atoms with van der Waals surface area (Å²) in [4.78, 5) is 26.8. The smallest absolute Gasteiger partial charge is 0.333 e. The van der Waals surface area contributed by atoms with Crippen molar-refractivity contribution in [2.24, 2.45) is 0 Å². The van der Waals surface area contributed by atoms with E-state index in [4.69, 9.17) is 4.74 Å². The van der Waals surface area contributed by atoms with Crippen LogP contribution in [-0.4, -0.2) is 29.0 Å². The normalized spacial score (nSPS) is 10.2. The molecule has 8 nitrogen and oxygen atoms in total.